The average molecular weight is 218 g/mol. The van der Waals surface area contributed by atoms with Crippen LogP contribution in [0.3, 0.4) is 0 Å². The maximum atomic E-state index is 8.77. The van der Waals surface area contributed by atoms with E-state index >= 15 is 0 Å². The molecule has 4 heteroatoms. The van der Waals surface area contributed by atoms with Crippen molar-refractivity contribution in [1.29, 1.82) is 0 Å². The molecule has 0 aliphatic heterocycles. The number of aliphatic hydroxyl groups is 2. The first-order valence-corrected chi connectivity index (χ1v) is 5.79. The molecule has 2 N–H and O–H groups in total. The summed E-state index contributed by atoms with van der Waals surface area (Å²) in [7, 11) is 4.15. The molecule has 0 atom stereocenters. The quantitative estimate of drug-likeness (QED) is 0.542. The first kappa shape index (κ1) is 14.8. The lowest BCUT2D eigenvalue weighted by molar-refractivity contribution is 0.196. The second kappa shape index (κ2) is 10.4. The van der Waals surface area contributed by atoms with E-state index in [1.54, 1.807) is 0 Å². The van der Waals surface area contributed by atoms with Crippen LogP contribution in [0, 0.1) is 0 Å². The molecule has 0 saturated heterocycles. The zero-order valence-electron chi connectivity index (χ0n) is 10.2. The molecule has 0 bridgehead atoms. The fraction of sp³-hybridized carbons (Fsp3) is 1.00. The fourth-order valence-electron chi connectivity index (χ4n) is 1.53. The van der Waals surface area contributed by atoms with Crippen LogP contribution in [0.15, 0.2) is 0 Å². The summed E-state index contributed by atoms with van der Waals surface area (Å²) in [5.41, 5.74) is 0. The maximum absolute atomic E-state index is 8.77. The van der Waals surface area contributed by atoms with Gasteiger partial charge in [0, 0.05) is 26.3 Å². The topological polar surface area (TPSA) is 46.9 Å². The van der Waals surface area contributed by atoms with Gasteiger partial charge in [0.15, 0.2) is 0 Å². The molecule has 0 radical (unpaired) electrons. The minimum Gasteiger partial charge on any atom is -0.396 e. The molecule has 0 aromatic carbocycles. The van der Waals surface area contributed by atoms with Gasteiger partial charge in [-0.15, -0.1) is 0 Å². The second-order valence-electron chi connectivity index (χ2n) is 4.15. The molecule has 0 heterocycles. The molecule has 0 aromatic heterocycles. The molecule has 15 heavy (non-hydrogen) atoms. The third kappa shape index (κ3) is 10.1. The minimum absolute atomic E-state index is 0.253. The predicted molar refractivity (Wildman–Crippen MR) is 63.0 cm³/mol. The Balaban J connectivity index is 3.58. The SMILES string of the molecule is CN(C)CCCN(CCCO)CCCO. The molecule has 92 valence electrons. The van der Waals surface area contributed by atoms with Crippen molar-refractivity contribution in [2.75, 3.05) is 53.5 Å². The van der Waals surface area contributed by atoms with Gasteiger partial charge in [-0.2, -0.15) is 0 Å². The Hall–Kier alpha value is -0.160. The van der Waals surface area contributed by atoms with Gasteiger partial charge in [0.1, 0.15) is 0 Å². The van der Waals surface area contributed by atoms with Crippen LogP contribution in [0.2, 0.25) is 0 Å². The van der Waals surface area contributed by atoms with E-state index in [1.807, 2.05) is 0 Å². The van der Waals surface area contributed by atoms with Crippen molar-refractivity contribution in [2.45, 2.75) is 19.3 Å². The van der Waals surface area contributed by atoms with Crippen molar-refractivity contribution >= 4 is 0 Å². The van der Waals surface area contributed by atoms with Gasteiger partial charge in [0.05, 0.1) is 0 Å². The number of aliphatic hydroxyl groups excluding tert-OH is 2. The lowest BCUT2D eigenvalue weighted by Crippen LogP contribution is -2.30. The second-order valence-corrected chi connectivity index (χ2v) is 4.15. The maximum Gasteiger partial charge on any atom is 0.0443 e. The van der Waals surface area contributed by atoms with Crippen LogP contribution in [0.5, 0.6) is 0 Å². The summed E-state index contributed by atoms with van der Waals surface area (Å²) >= 11 is 0. The molecule has 4 nitrogen and oxygen atoms in total. The number of nitrogens with zero attached hydrogens (tertiary/aromatic N) is 2. The molecule has 0 rings (SSSR count). The monoisotopic (exact) mass is 218 g/mol. The number of hydrogen-bond acceptors (Lipinski definition) is 4. The Morgan fingerprint density at radius 3 is 1.60 bits per heavy atom. The van der Waals surface area contributed by atoms with Crippen molar-refractivity contribution in [2.24, 2.45) is 0 Å². The summed E-state index contributed by atoms with van der Waals surface area (Å²) in [5, 5.41) is 17.5. The van der Waals surface area contributed by atoms with Crippen LogP contribution in [0.25, 0.3) is 0 Å². The smallest absolute Gasteiger partial charge is 0.0443 e. The number of rotatable bonds is 10. The summed E-state index contributed by atoms with van der Waals surface area (Å²) in [6.07, 6.45) is 2.80. The molecular formula is C11H26N2O2. The van der Waals surface area contributed by atoms with Gasteiger partial charge < -0.3 is 20.0 Å². The average Bonchev–Trinajstić information content (AvgIpc) is 2.20. The summed E-state index contributed by atoms with van der Waals surface area (Å²) in [4.78, 5) is 4.49. The van der Waals surface area contributed by atoms with Crippen LogP contribution in [0.4, 0.5) is 0 Å². The zero-order chi connectivity index (χ0) is 11.5. The van der Waals surface area contributed by atoms with E-state index in [1.165, 1.54) is 0 Å². The third-order valence-corrected chi connectivity index (χ3v) is 2.34. The summed E-state index contributed by atoms with van der Waals surface area (Å²) in [5.74, 6) is 0. The molecule has 0 saturated carbocycles. The lowest BCUT2D eigenvalue weighted by atomic mass is 10.3. The standard InChI is InChI=1S/C11H26N2O2/c1-12(2)6-3-7-13(8-4-10-14)9-5-11-15/h14-15H,3-11H2,1-2H3. The first-order chi connectivity index (χ1) is 7.20. The predicted octanol–water partition coefficient (Wildman–Crippen LogP) is 0.00490. The highest BCUT2D eigenvalue weighted by atomic mass is 16.3. The molecule has 0 fully saturated rings. The highest BCUT2D eigenvalue weighted by Crippen LogP contribution is 1.97. The molecular weight excluding hydrogens is 192 g/mol. The van der Waals surface area contributed by atoms with Crippen molar-refractivity contribution in [3.05, 3.63) is 0 Å². The van der Waals surface area contributed by atoms with E-state index in [9.17, 15) is 0 Å². The van der Waals surface area contributed by atoms with E-state index in [2.05, 4.69) is 23.9 Å². The highest BCUT2D eigenvalue weighted by Gasteiger charge is 2.03. The summed E-state index contributed by atoms with van der Waals surface area (Å²) in [6, 6.07) is 0. The Morgan fingerprint density at radius 2 is 1.20 bits per heavy atom. The van der Waals surface area contributed by atoms with Crippen LogP contribution >= 0.6 is 0 Å². The van der Waals surface area contributed by atoms with Crippen molar-refractivity contribution in [3.63, 3.8) is 0 Å². The van der Waals surface area contributed by atoms with Gasteiger partial charge in [0.25, 0.3) is 0 Å². The minimum atomic E-state index is 0.253. The van der Waals surface area contributed by atoms with Crippen molar-refractivity contribution in [1.82, 2.24) is 9.80 Å². The molecule has 0 aliphatic carbocycles. The summed E-state index contributed by atoms with van der Waals surface area (Å²) in [6.45, 7) is 4.52. The fourth-order valence-corrected chi connectivity index (χ4v) is 1.53. The van der Waals surface area contributed by atoms with E-state index in [-0.39, 0.29) is 13.2 Å². The van der Waals surface area contributed by atoms with Crippen LogP contribution in [-0.2, 0) is 0 Å². The Labute approximate surface area is 93.5 Å². The third-order valence-electron chi connectivity index (χ3n) is 2.34. The highest BCUT2D eigenvalue weighted by molar-refractivity contribution is 4.59. The van der Waals surface area contributed by atoms with E-state index < -0.39 is 0 Å². The number of hydrogen-bond donors (Lipinski definition) is 2. The summed E-state index contributed by atoms with van der Waals surface area (Å²) < 4.78 is 0. The molecule has 0 unspecified atom stereocenters. The lowest BCUT2D eigenvalue weighted by Gasteiger charge is -2.22. The molecule has 0 aromatic rings. The van der Waals surface area contributed by atoms with Crippen LogP contribution in [0.1, 0.15) is 19.3 Å². The van der Waals surface area contributed by atoms with Crippen LogP contribution < -0.4 is 0 Å². The largest absolute Gasteiger partial charge is 0.396 e. The van der Waals surface area contributed by atoms with E-state index in [0.29, 0.717) is 0 Å². The Morgan fingerprint density at radius 1 is 0.733 bits per heavy atom. The Bertz CT molecular complexity index is 124. The molecule has 0 aliphatic rings. The van der Waals surface area contributed by atoms with E-state index in [0.717, 1.165) is 45.4 Å². The van der Waals surface area contributed by atoms with Gasteiger partial charge in [-0.05, 0) is 46.4 Å². The van der Waals surface area contributed by atoms with Gasteiger partial charge in [-0.1, -0.05) is 0 Å². The van der Waals surface area contributed by atoms with Gasteiger partial charge >= 0.3 is 0 Å². The normalized spacial score (nSPS) is 11.6. The van der Waals surface area contributed by atoms with Gasteiger partial charge in [-0.3, -0.25) is 0 Å². The van der Waals surface area contributed by atoms with Gasteiger partial charge in [0.2, 0.25) is 0 Å². The Kier molecular flexibility index (Phi) is 10.3. The first-order valence-electron chi connectivity index (χ1n) is 5.79. The molecule has 0 amide bonds. The van der Waals surface area contributed by atoms with Crippen molar-refractivity contribution < 1.29 is 10.2 Å². The van der Waals surface area contributed by atoms with Crippen molar-refractivity contribution in [3.8, 4) is 0 Å². The van der Waals surface area contributed by atoms with Crippen LogP contribution in [-0.4, -0.2) is 73.5 Å². The zero-order valence-corrected chi connectivity index (χ0v) is 10.2. The van der Waals surface area contributed by atoms with Gasteiger partial charge in [-0.25, -0.2) is 0 Å². The molecule has 0 spiro atoms. The van der Waals surface area contributed by atoms with E-state index in [4.69, 9.17) is 10.2 Å².